The van der Waals surface area contributed by atoms with Crippen molar-refractivity contribution in [2.45, 2.75) is 25.7 Å². The standard InChI is InChI=1S/C21H22OS2/c1-16(22)15-19(17-9-4-2-5-10-17)20(18-11-6-3-7-12-18)21-23-13-8-14-24-21/h2-7,9-12,19H,8,13-15H2,1H3. The van der Waals surface area contributed by atoms with Gasteiger partial charge in [0.1, 0.15) is 5.78 Å². The molecular formula is C21H22OS2. The summed E-state index contributed by atoms with van der Waals surface area (Å²) in [6, 6.07) is 21.0. The molecule has 1 unspecified atom stereocenters. The molecule has 124 valence electrons. The third-order valence-electron chi connectivity index (χ3n) is 4.10. The minimum Gasteiger partial charge on any atom is -0.300 e. The highest BCUT2D eigenvalue weighted by atomic mass is 32.2. The number of Topliss-reactive ketones (excluding diaryl/α,β-unsaturated/α-hetero) is 1. The van der Waals surface area contributed by atoms with Gasteiger partial charge in [-0.25, -0.2) is 0 Å². The zero-order valence-electron chi connectivity index (χ0n) is 13.9. The zero-order valence-corrected chi connectivity index (χ0v) is 15.5. The summed E-state index contributed by atoms with van der Waals surface area (Å²) in [7, 11) is 0. The number of carbonyl (C=O) groups is 1. The summed E-state index contributed by atoms with van der Waals surface area (Å²) >= 11 is 3.90. The van der Waals surface area contributed by atoms with Crippen molar-refractivity contribution >= 4 is 34.9 Å². The predicted octanol–water partition coefficient (Wildman–Crippen LogP) is 5.99. The molecule has 3 rings (SSSR count). The summed E-state index contributed by atoms with van der Waals surface area (Å²) in [5.74, 6) is 2.70. The molecule has 0 spiro atoms. The Morgan fingerprint density at radius 3 is 2.12 bits per heavy atom. The summed E-state index contributed by atoms with van der Waals surface area (Å²) in [5, 5.41) is 0. The molecule has 1 saturated heterocycles. The van der Waals surface area contributed by atoms with E-state index < -0.39 is 0 Å². The summed E-state index contributed by atoms with van der Waals surface area (Å²) in [6.07, 6.45) is 1.81. The quantitative estimate of drug-likeness (QED) is 0.656. The molecule has 0 N–H and O–H groups in total. The van der Waals surface area contributed by atoms with E-state index in [1.54, 1.807) is 6.92 Å². The number of ketones is 1. The van der Waals surface area contributed by atoms with Gasteiger partial charge in [0.25, 0.3) is 0 Å². The molecule has 24 heavy (non-hydrogen) atoms. The van der Waals surface area contributed by atoms with Crippen LogP contribution in [0.3, 0.4) is 0 Å². The molecule has 1 aliphatic rings. The summed E-state index contributed by atoms with van der Waals surface area (Å²) in [4.78, 5) is 12.0. The van der Waals surface area contributed by atoms with Gasteiger partial charge in [-0.1, -0.05) is 60.7 Å². The molecule has 1 heterocycles. The van der Waals surface area contributed by atoms with Crippen LogP contribution in [0.4, 0.5) is 0 Å². The van der Waals surface area contributed by atoms with Crippen LogP contribution in [0.25, 0.3) is 5.57 Å². The molecule has 1 nitrogen and oxygen atoms in total. The first-order valence-corrected chi connectivity index (χ1v) is 10.3. The van der Waals surface area contributed by atoms with E-state index in [-0.39, 0.29) is 11.7 Å². The molecule has 0 amide bonds. The highest BCUT2D eigenvalue weighted by Crippen LogP contribution is 2.47. The molecule has 1 aliphatic heterocycles. The van der Waals surface area contributed by atoms with Gasteiger partial charge in [0, 0.05) is 16.6 Å². The second-order valence-corrected chi connectivity index (χ2v) is 8.46. The Labute approximate surface area is 152 Å². The van der Waals surface area contributed by atoms with E-state index in [1.165, 1.54) is 38.9 Å². The van der Waals surface area contributed by atoms with Crippen LogP contribution in [0.2, 0.25) is 0 Å². The fourth-order valence-electron chi connectivity index (χ4n) is 3.02. The first kappa shape index (κ1) is 17.4. The summed E-state index contributed by atoms with van der Waals surface area (Å²) < 4.78 is 1.39. The number of allylic oxidation sites excluding steroid dienone is 1. The van der Waals surface area contributed by atoms with Crippen LogP contribution in [0.1, 0.15) is 36.8 Å². The number of hydrogen-bond acceptors (Lipinski definition) is 3. The average Bonchev–Trinajstić information content (AvgIpc) is 2.63. The molecule has 0 radical (unpaired) electrons. The Morgan fingerprint density at radius 1 is 0.958 bits per heavy atom. The van der Waals surface area contributed by atoms with Crippen molar-refractivity contribution < 1.29 is 4.79 Å². The van der Waals surface area contributed by atoms with E-state index in [9.17, 15) is 4.79 Å². The van der Waals surface area contributed by atoms with E-state index in [0.29, 0.717) is 6.42 Å². The van der Waals surface area contributed by atoms with Gasteiger partial charge in [0.05, 0.1) is 0 Å². The van der Waals surface area contributed by atoms with E-state index >= 15 is 0 Å². The van der Waals surface area contributed by atoms with Crippen LogP contribution in [-0.4, -0.2) is 17.3 Å². The number of hydrogen-bond donors (Lipinski definition) is 0. The second kappa shape index (κ2) is 8.59. The van der Waals surface area contributed by atoms with Crippen LogP contribution < -0.4 is 0 Å². The minimum absolute atomic E-state index is 0.124. The van der Waals surface area contributed by atoms with Gasteiger partial charge in [-0.3, -0.25) is 4.79 Å². The van der Waals surface area contributed by atoms with E-state index in [2.05, 4.69) is 54.6 Å². The Morgan fingerprint density at radius 2 is 1.54 bits per heavy atom. The summed E-state index contributed by atoms with van der Waals surface area (Å²) in [5.41, 5.74) is 3.79. The van der Waals surface area contributed by atoms with E-state index in [1.807, 2.05) is 29.6 Å². The van der Waals surface area contributed by atoms with E-state index in [0.717, 1.165) is 0 Å². The predicted molar refractivity (Wildman–Crippen MR) is 107 cm³/mol. The Bertz CT molecular complexity index is 699. The molecule has 0 bridgehead atoms. The Hall–Kier alpha value is -1.45. The molecule has 0 aliphatic carbocycles. The fraction of sp³-hybridized carbons (Fsp3) is 0.286. The Kier molecular flexibility index (Phi) is 6.22. The number of benzene rings is 2. The van der Waals surface area contributed by atoms with Crippen molar-refractivity contribution in [3.05, 3.63) is 76.0 Å². The van der Waals surface area contributed by atoms with Gasteiger partial charge in [-0.15, -0.1) is 23.5 Å². The van der Waals surface area contributed by atoms with Crippen molar-refractivity contribution in [3.8, 4) is 0 Å². The van der Waals surface area contributed by atoms with Gasteiger partial charge in [-0.2, -0.15) is 0 Å². The first-order valence-electron chi connectivity index (χ1n) is 8.35. The van der Waals surface area contributed by atoms with Crippen LogP contribution in [0.5, 0.6) is 0 Å². The lowest BCUT2D eigenvalue weighted by Gasteiger charge is -2.26. The maximum atomic E-state index is 12.0. The monoisotopic (exact) mass is 354 g/mol. The molecule has 1 atom stereocenters. The minimum atomic E-state index is 0.124. The lowest BCUT2D eigenvalue weighted by atomic mass is 9.84. The van der Waals surface area contributed by atoms with E-state index in [4.69, 9.17) is 0 Å². The van der Waals surface area contributed by atoms with Gasteiger partial charge >= 0.3 is 0 Å². The molecular weight excluding hydrogens is 332 g/mol. The fourth-order valence-corrected chi connectivity index (χ4v) is 5.82. The lowest BCUT2D eigenvalue weighted by Crippen LogP contribution is -2.09. The SMILES string of the molecule is CC(=O)CC(C(=C1SCCCS1)c1ccccc1)c1ccccc1. The lowest BCUT2D eigenvalue weighted by molar-refractivity contribution is -0.117. The Balaban J connectivity index is 2.12. The van der Waals surface area contributed by atoms with Crippen LogP contribution in [-0.2, 0) is 4.79 Å². The van der Waals surface area contributed by atoms with Gasteiger partial charge in [-0.05, 0) is 41.6 Å². The number of carbonyl (C=O) groups excluding carboxylic acids is 1. The zero-order chi connectivity index (χ0) is 16.8. The van der Waals surface area contributed by atoms with Gasteiger partial charge < -0.3 is 0 Å². The maximum Gasteiger partial charge on any atom is 0.130 e. The van der Waals surface area contributed by atoms with Crippen molar-refractivity contribution in [2.75, 3.05) is 11.5 Å². The number of rotatable bonds is 5. The third kappa shape index (κ3) is 4.34. The highest BCUT2D eigenvalue weighted by molar-refractivity contribution is 8.23. The van der Waals surface area contributed by atoms with Crippen LogP contribution >= 0.6 is 23.5 Å². The topological polar surface area (TPSA) is 17.1 Å². The highest BCUT2D eigenvalue weighted by Gasteiger charge is 2.25. The van der Waals surface area contributed by atoms with Crippen molar-refractivity contribution in [1.29, 1.82) is 0 Å². The molecule has 2 aromatic rings. The van der Waals surface area contributed by atoms with Crippen LogP contribution in [0.15, 0.2) is 64.9 Å². The normalized spacial score (nSPS) is 15.8. The maximum absolute atomic E-state index is 12.0. The van der Waals surface area contributed by atoms with Gasteiger partial charge in [0.15, 0.2) is 0 Å². The third-order valence-corrected chi connectivity index (χ3v) is 6.76. The largest absolute Gasteiger partial charge is 0.300 e. The average molecular weight is 355 g/mol. The molecule has 0 aromatic heterocycles. The molecule has 2 aromatic carbocycles. The smallest absolute Gasteiger partial charge is 0.130 e. The van der Waals surface area contributed by atoms with Crippen LogP contribution in [0, 0.1) is 0 Å². The van der Waals surface area contributed by atoms with Crippen molar-refractivity contribution in [3.63, 3.8) is 0 Å². The summed E-state index contributed by atoms with van der Waals surface area (Å²) in [6.45, 7) is 1.70. The van der Waals surface area contributed by atoms with Gasteiger partial charge in [0.2, 0.25) is 0 Å². The van der Waals surface area contributed by atoms with Crippen molar-refractivity contribution in [2.24, 2.45) is 0 Å². The molecule has 3 heteroatoms. The molecule has 1 fully saturated rings. The van der Waals surface area contributed by atoms with Crippen molar-refractivity contribution in [1.82, 2.24) is 0 Å². The number of thioether (sulfide) groups is 2. The second-order valence-electron chi connectivity index (χ2n) is 5.99. The molecule has 0 saturated carbocycles. The first-order chi connectivity index (χ1) is 11.8.